The number of nitrogens with zero attached hydrogens (tertiary/aromatic N) is 4. The van der Waals surface area contributed by atoms with E-state index in [1.165, 1.54) is 18.0 Å². The first-order chi connectivity index (χ1) is 14.5. The Bertz CT molecular complexity index is 1040. The number of ether oxygens (including phenoxy) is 1. The zero-order valence-corrected chi connectivity index (χ0v) is 16.9. The molecule has 10 heteroatoms. The molecule has 30 heavy (non-hydrogen) atoms. The van der Waals surface area contributed by atoms with Crippen LogP contribution in [0.4, 0.5) is 0 Å². The predicted octanol–water partition coefficient (Wildman–Crippen LogP) is 2.28. The number of aromatic nitrogens is 3. The number of hydrogen-bond acceptors (Lipinski definition) is 7. The smallest absolute Gasteiger partial charge is 0.341 e. The molecule has 0 aliphatic carbocycles. The molecule has 154 valence electrons. The number of hydrogen-bond donors (Lipinski definition) is 2. The lowest BCUT2D eigenvalue weighted by Crippen LogP contribution is -2.20. The molecule has 0 saturated carbocycles. The molecule has 0 fully saturated rings. The number of carboxylic acids is 1. The fraction of sp³-hybridized carbons (Fsp3) is 0.150. The van der Waals surface area contributed by atoms with E-state index < -0.39 is 12.6 Å². The van der Waals surface area contributed by atoms with Gasteiger partial charge in [-0.15, -0.1) is 10.2 Å². The van der Waals surface area contributed by atoms with Crippen molar-refractivity contribution < 1.29 is 19.4 Å². The Morgan fingerprint density at radius 3 is 2.60 bits per heavy atom. The van der Waals surface area contributed by atoms with Crippen LogP contribution >= 0.6 is 11.8 Å². The maximum Gasteiger partial charge on any atom is 0.341 e. The molecule has 9 nitrogen and oxygen atoms in total. The fourth-order valence-corrected chi connectivity index (χ4v) is 3.24. The molecule has 0 aliphatic heterocycles. The van der Waals surface area contributed by atoms with Crippen LogP contribution < -0.4 is 10.2 Å². The molecule has 1 amide bonds. The number of carbonyl (C=O) groups is 2. The molecule has 1 aromatic heterocycles. The molecule has 0 saturated heterocycles. The number of aryl methyl sites for hydroxylation is 1. The first-order valence-corrected chi connectivity index (χ1v) is 9.88. The number of para-hydroxylation sites is 1. The molecule has 0 aliphatic rings. The number of carbonyl (C=O) groups excluding carboxylic acids is 1. The number of amides is 1. The Morgan fingerprint density at radius 1 is 1.17 bits per heavy atom. The lowest BCUT2D eigenvalue weighted by atomic mass is 10.2. The van der Waals surface area contributed by atoms with Gasteiger partial charge in [-0.3, -0.25) is 9.36 Å². The molecular formula is C20H19N5O4S. The summed E-state index contributed by atoms with van der Waals surface area (Å²) in [5.41, 5.74) is 4.12. The van der Waals surface area contributed by atoms with E-state index in [-0.39, 0.29) is 11.7 Å². The Hall–Kier alpha value is -3.66. The van der Waals surface area contributed by atoms with Gasteiger partial charge >= 0.3 is 5.97 Å². The Labute approximate surface area is 176 Å². The largest absolute Gasteiger partial charge is 0.482 e. The van der Waals surface area contributed by atoms with Crippen molar-refractivity contribution in [2.75, 3.05) is 12.4 Å². The van der Waals surface area contributed by atoms with E-state index in [0.717, 1.165) is 17.1 Å². The quantitative estimate of drug-likeness (QED) is 0.307. The molecule has 3 aromatic rings. The highest BCUT2D eigenvalue weighted by molar-refractivity contribution is 7.99. The van der Waals surface area contributed by atoms with Crippen LogP contribution in [-0.2, 0) is 9.59 Å². The minimum absolute atomic E-state index is 0.129. The average molecular weight is 425 g/mol. The second-order valence-electron chi connectivity index (χ2n) is 6.03. The second kappa shape index (κ2) is 10.2. The van der Waals surface area contributed by atoms with Crippen molar-refractivity contribution >= 4 is 29.9 Å². The van der Waals surface area contributed by atoms with Crippen LogP contribution in [0, 0.1) is 6.92 Å². The third-order valence-electron chi connectivity index (χ3n) is 3.79. The van der Waals surface area contributed by atoms with Gasteiger partial charge in [-0.05, 0) is 48.9 Å². The molecule has 1 heterocycles. The highest BCUT2D eigenvalue weighted by Gasteiger charge is 2.12. The van der Waals surface area contributed by atoms with Gasteiger partial charge < -0.3 is 9.84 Å². The van der Waals surface area contributed by atoms with Crippen LogP contribution in [0.2, 0.25) is 0 Å². The van der Waals surface area contributed by atoms with Crippen LogP contribution in [0.5, 0.6) is 5.75 Å². The highest BCUT2D eigenvalue weighted by atomic mass is 32.2. The van der Waals surface area contributed by atoms with E-state index in [1.54, 1.807) is 24.3 Å². The van der Waals surface area contributed by atoms with Gasteiger partial charge in [0, 0.05) is 5.69 Å². The summed E-state index contributed by atoms with van der Waals surface area (Å²) in [5.74, 6) is -0.0216. The van der Waals surface area contributed by atoms with Gasteiger partial charge in [0.05, 0.1) is 12.0 Å². The topological polar surface area (TPSA) is 119 Å². The molecule has 0 bridgehead atoms. The molecule has 0 spiro atoms. The lowest BCUT2D eigenvalue weighted by molar-refractivity contribution is -0.139. The molecular weight excluding hydrogens is 406 g/mol. The summed E-state index contributed by atoms with van der Waals surface area (Å²) in [6, 6.07) is 16.3. The maximum absolute atomic E-state index is 12.1. The first kappa shape index (κ1) is 21.1. The Morgan fingerprint density at radius 2 is 1.90 bits per heavy atom. The fourth-order valence-electron chi connectivity index (χ4n) is 2.45. The molecule has 2 aromatic carbocycles. The standard InChI is InChI=1S/C20H19N5O4S/c1-14-22-24-20(25(14)16-5-3-2-4-6-16)30-13-18(26)23-21-11-15-7-9-17(10-8-15)29-12-19(27)28/h2-11H,12-13H2,1H3,(H,23,26)(H,27,28)/b21-11+. The number of carboxylic acid groups (broad SMARTS) is 1. The molecule has 3 rings (SSSR count). The van der Waals surface area contributed by atoms with Crippen molar-refractivity contribution in [2.45, 2.75) is 12.1 Å². The summed E-state index contributed by atoms with van der Waals surface area (Å²) in [6.45, 7) is 1.45. The maximum atomic E-state index is 12.1. The van der Waals surface area contributed by atoms with Crippen LogP contribution in [0.1, 0.15) is 11.4 Å². The Kier molecular flexibility index (Phi) is 7.17. The molecule has 2 N–H and O–H groups in total. The van der Waals surface area contributed by atoms with E-state index in [1.807, 2.05) is 41.8 Å². The lowest BCUT2D eigenvalue weighted by Gasteiger charge is -2.07. The number of aliphatic carboxylic acids is 1. The number of rotatable bonds is 9. The van der Waals surface area contributed by atoms with Crippen molar-refractivity contribution in [3.05, 3.63) is 66.0 Å². The van der Waals surface area contributed by atoms with Crippen molar-refractivity contribution in [1.29, 1.82) is 0 Å². The predicted molar refractivity (Wildman–Crippen MR) is 112 cm³/mol. The third kappa shape index (κ3) is 5.92. The minimum Gasteiger partial charge on any atom is -0.482 e. The number of hydrazone groups is 1. The van der Waals surface area contributed by atoms with E-state index in [0.29, 0.717) is 10.9 Å². The van der Waals surface area contributed by atoms with Crippen molar-refractivity contribution in [3.63, 3.8) is 0 Å². The Balaban J connectivity index is 1.51. The van der Waals surface area contributed by atoms with Gasteiger partial charge in [-0.25, -0.2) is 10.2 Å². The third-order valence-corrected chi connectivity index (χ3v) is 4.72. The van der Waals surface area contributed by atoms with Gasteiger partial charge in [0.25, 0.3) is 5.91 Å². The minimum atomic E-state index is -1.04. The van der Waals surface area contributed by atoms with Gasteiger partial charge in [-0.2, -0.15) is 5.10 Å². The molecule has 0 radical (unpaired) electrons. The summed E-state index contributed by atoms with van der Waals surface area (Å²) < 4.78 is 6.94. The highest BCUT2D eigenvalue weighted by Crippen LogP contribution is 2.21. The van der Waals surface area contributed by atoms with Gasteiger partial charge in [0.15, 0.2) is 11.8 Å². The summed E-state index contributed by atoms with van der Waals surface area (Å²) in [5, 5.41) is 21.4. The van der Waals surface area contributed by atoms with E-state index in [9.17, 15) is 9.59 Å². The van der Waals surface area contributed by atoms with Crippen molar-refractivity contribution in [1.82, 2.24) is 20.2 Å². The van der Waals surface area contributed by atoms with E-state index in [2.05, 4.69) is 20.7 Å². The summed E-state index contributed by atoms with van der Waals surface area (Å²) in [7, 11) is 0. The van der Waals surface area contributed by atoms with Crippen LogP contribution in [0.25, 0.3) is 5.69 Å². The monoisotopic (exact) mass is 425 g/mol. The molecule has 0 atom stereocenters. The van der Waals surface area contributed by atoms with Crippen molar-refractivity contribution in [2.24, 2.45) is 5.10 Å². The second-order valence-corrected chi connectivity index (χ2v) is 6.98. The van der Waals surface area contributed by atoms with Gasteiger partial charge in [0.2, 0.25) is 0 Å². The first-order valence-electron chi connectivity index (χ1n) is 8.90. The van der Waals surface area contributed by atoms with Crippen LogP contribution in [-0.4, -0.2) is 50.3 Å². The summed E-state index contributed by atoms with van der Waals surface area (Å²) >= 11 is 1.27. The number of nitrogens with one attached hydrogen (secondary N) is 1. The average Bonchev–Trinajstić information content (AvgIpc) is 3.12. The van der Waals surface area contributed by atoms with Crippen LogP contribution in [0.3, 0.4) is 0 Å². The zero-order valence-electron chi connectivity index (χ0n) is 16.1. The van der Waals surface area contributed by atoms with Gasteiger partial charge in [-0.1, -0.05) is 30.0 Å². The normalized spacial score (nSPS) is 10.8. The number of thioether (sulfide) groups is 1. The summed E-state index contributed by atoms with van der Waals surface area (Å²) in [4.78, 5) is 22.6. The molecule has 0 unspecified atom stereocenters. The van der Waals surface area contributed by atoms with E-state index in [4.69, 9.17) is 9.84 Å². The summed E-state index contributed by atoms with van der Waals surface area (Å²) in [6.07, 6.45) is 1.49. The van der Waals surface area contributed by atoms with Crippen LogP contribution in [0.15, 0.2) is 64.9 Å². The number of benzene rings is 2. The zero-order chi connectivity index (χ0) is 21.3. The van der Waals surface area contributed by atoms with Gasteiger partial charge in [0.1, 0.15) is 11.6 Å². The SMILES string of the molecule is Cc1nnc(SCC(=O)N/N=C/c2ccc(OCC(=O)O)cc2)n1-c1ccccc1. The van der Waals surface area contributed by atoms with Crippen molar-refractivity contribution in [3.8, 4) is 11.4 Å². The van der Waals surface area contributed by atoms with E-state index >= 15 is 0 Å².